The lowest BCUT2D eigenvalue weighted by Gasteiger charge is -2.00. The predicted molar refractivity (Wildman–Crippen MR) is 43.6 cm³/mol. The van der Waals surface area contributed by atoms with Crippen LogP contribution in [0.2, 0.25) is 0 Å². The molecular weight excluding hydrogens is 226 g/mol. The molecule has 0 bridgehead atoms. The van der Waals surface area contributed by atoms with E-state index in [9.17, 15) is 4.79 Å². The van der Waals surface area contributed by atoms with Crippen LogP contribution >= 0.6 is 15.9 Å². The number of carbonyl (C=O) groups is 1. The third kappa shape index (κ3) is 1.32. The van der Waals surface area contributed by atoms with Crippen molar-refractivity contribution in [2.45, 2.75) is 6.04 Å². The second-order valence-electron chi connectivity index (χ2n) is 2.44. The maximum atomic E-state index is 10.6. The highest BCUT2D eigenvalue weighted by molar-refractivity contribution is 9.10. The molecule has 2 heterocycles. The number of ether oxygens (including phenoxy) is 1. The van der Waals surface area contributed by atoms with E-state index in [1.807, 2.05) is 0 Å². The summed E-state index contributed by atoms with van der Waals surface area (Å²) >= 11 is 3.17. The average Bonchev–Trinajstić information content (AvgIpc) is 2.58. The van der Waals surface area contributed by atoms with Gasteiger partial charge < -0.3 is 14.5 Å². The summed E-state index contributed by atoms with van der Waals surface area (Å²) in [4.78, 5) is 10.6. The first-order chi connectivity index (χ1) is 5.75. The Morgan fingerprint density at radius 2 is 2.42 bits per heavy atom. The number of cyclic esters (lactones) is 1. The molecule has 1 aliphatic heterocycles. The Kier molecular flexibility index (Phi) is 1.80. The maximum Gasteiger partial charge on any atom is 0.407 e. The van der Waals surface area contributed by atoms with Gasteiger partial charge in [0.15, 0.2) is 4.67 Å². The first-order valence-electron chi connectivity index (χ1n) is 3.44. The van der Waals surface area contributed by atoms with Gasteiger partial charge in [-0.1, -0.05) is 0 Å². The van der Waals surface area contributed by atoms with E-state index >= 15 is 0 Å². The Morgan fingerprint density at radius 3 is 2.92 bits per heavy atom. The minimum Gasteiger partial charge on any atom is -0.452 e. The number of hydrogen-bond donors (Lipinski definition) is 1. The van der Waals surface area contributed by atoms with Crippen LogP contribution in [0.3, 0.4) is 0 Å². The van der Waals surface area contributed by atoms with Crippen LogP contribution < -0.4 is 5.32 Å². The van der Waals surface area contributed by atoms with E-state index in [2.05, 4.69) is 21.2 Å². The van der Waals surface area contributed by atoms with Crippen LogP contribution in [0.4, 0.5) is 4.79 Å². The van der Waals surface area contributed by atoms with Gasteiger partial charge in [0, 0.05) is 0 Å². The largest absolute Gasteiger partial charge is 0.452 e. The van der Waals surface area contributed by atoms with E-state index in [-0.39, 0.29) is 6.04 Å². The van der Waals surface area contributed by atoms with Crippen molar-refractivity contribution in [2.75, 3.05) is 6.61 Å². The lowest BCUT2D eigenvalue weighted by atomic mass is 10.2. The van der Waals surface area contributed by atoms with Crippen molar-refractivity contribution < 1.29 is 13.9 Å². The molecule has 0 radical (unpaired) electrons. The molecule has 1 saturated heterocycles. The molecule has 0 spiro atoms. The molecule has 5 heteroatoms. The van der Waals surface area contributed by atoms with Gasteiger partial charge in [-0.05, 0) is 28.1 Å². The molecular formula is C7H6BrNO3. The molecule has 1 aromatic rings. The highest BCUT2D eigenvalue weighted by Gasteiger charge is 2.26. The molecule has 0 aliphatic carbocycles. The van der Waals surface area contributed by atoms with Crippen LogP contribution in [-0.4, -0.2) is 12.7 Å². The molecule has 2 rings (SSSR count). The SMILES string of the molecule is O=C1NC(c2ccc(Br)o2)CO1. The average molecular weight is 232 g/mol. The van der Waals surface area contributed by atoms with Crippen molar-refractivity contribution in [3.63, 3.8) is 0 Å². The van der Waals surface area contributed by atoms with Crippen LogP contribution in [0.15, 0.2) is 21.2 Å². The van der Waals surface area contributed by atoms with E-state index in [0.717, 1.165) is 0 Å². The van der Waals surface area contributed by atoms with Crippen LogP contribution in [0.1, 0.15) is 11.8 Å². The number of rotatable bonds is 1. The molecule has 1 atom stereocenters. The van der Waals surface area contributed by atoms with Crippen LogP contribution in [0.5, 0.6) is 0 Å². The zero-order valence-corrected chi connectivity index (χ0v) is 7.63. The molecule has 4 nitrogen and oxygen atoms in total. The minimum absolute atomic E-state index is 0.149. The molecule has 1 unspecified atom stereocenters. The number of alkyl carbamates (subject to hydrolysis) is 1. The second-order valence-corrected chi connectivity index (χ2v) is 3.22. The predicted octanol–water partition coefficient (Wildman–Crippen LogP) is 1.82. The molecule has 1 aromatic heterocycles. The van der Waals surface area contributed by atoms with Gasteiger partial charge in [-0.25, -0.2) is 4.79 Å². The first-order valence-corrected chi connectivity index (χ1v) is 4.23. The van der Waals surface area contributed by atoms with Gasteiger partial charge in [0.1, 0.15) is 18.4 Å². The molecule has 0 saturated carbocycles. The summed E-state index contributed by atoms with van der Waals surface area (Å²) in [7, 11) is 0. The number of carbonyl (C=O) groups excluding carboxylic acids is 1. The summed E-state index contributed by atoms with van der Waals surface area (Å²) in [5.41, 5.74) is 0. The zero-order chi connectivity index (χ0) is 8.55. The van der Waals surface area contributed by atoms with Crippen LogP contribution in [0.25, 0.3) is 0 Å². The Balaban J connectivity index is 2.15. The number of amides is 1. The summed E-state index contributed by atoms with van der Waals surface area (Å²) in [6.45, 7) is 0.332. The van der Waals surface area contributed by atoms with E-state index in [4.69, 9.17) is 9.15 Å². The number of hydrogen-bond acceptors (Lipinski definition) is 3. The minimum atomic E-state index is -0.396. The van der Waals surface area contributed by atoms with Gasteiger partial charge in [0.2, 0.25) is 0 Å². The van der Waals surface area contributed by atoms with Crippen molar-refractivity contribution in [1.29, 1.82) is 0 Å². The van der Waals surface area contributed by atoms with Crippen molar-refractivity contribution in [3.05, 3.63) is 22.6 Å². The van der Waals surface area contributed by atoms with E-state index in [1.54, 1.807) is 12.1 Å². The van der Waals surface area contributed by atoms with Crippen molar-refractivity contribution in [2.24, 2.45) is 0 Å². The Labute approximate surface area is 77.0 Å². The number of nitrogens with one attached hydrogen (secondary N) is 1. The van der Waals surface area contributed by atoms with Crippen molar-refractivity contribution >= 4 is 22.0 Å². The normalized spacial score (nSPS) is 22.1. The maximum absolute atomic E-state index is 10.6. The summed E-state index contributed by atoms with van der Waals surface area (Å²) in [5, 5.41) is 2.61. The zero-order valence-electron chi connectivity index (χ0n) is 6.04. The van der Waals surface area contributed by atoms with Gasteiger partial charge in [0.25, 0.3) is 0 Å². The van der Waals surface area contributed by atoms with Gasteiger partial charge in [-0.3, -0.25) is 0 Å². The molecule has 1 aliphatic rings. The third-order valence-corrected chi connectivity index (χ3v) is 2.04. The van der Waals surface area contributed by atoms with Crippen LogP contribution in [0, 0.1) is 0 Å². The Hall–Kier alpha value is -0.970. The van der Waals surface area contributed by atoms with Gasteiger partial charge in [0.05, 0.1) is 0 Å². The monoisotopic (exact) mass is 231 g/mol. The van der Waals surface area contributed by atoms with Gasteiger partial charge >= 0.3 is 6.09 Å². The summed E-state index contributed by atoms with van der Waals surface area (Å²) in [6.07, 6.45) is -0.396. The van der Waals surface area contributed by atoms with Crippen molar-refractivity contribution in [3.8, 4) is 0 Å². The van der Waals surface area contributed by atoms with E-state index in [0.29, 0.717) is 17.0 Å². The molecule has 0 aromatic carbocycles. The number of furan rings is 1. The highest BCUT2D eigenvalue weighted by Crippen LogP contribution is 2.22. The second kappa shape index (κ2) is 2.82. The topological polar surface area (TPSA) is 51.5 Å². The fourth-order valence-electron chi connectivity index (χ4n) is 1.05. The smallest absolute Gasteiger partial charge is 0.407 e. The lowest BCUT2D eigenvalue weighted by Crippen LogP contribution is -2.17. The lowest BCUT2D eigenvalue weighted by molar-refractivity contribution is 0.176. The van der Waals surface area contributed by atoms with Crippen LogP contribution in [-0.2, 0) is 4.74 Å². The summed E-state index contributed by atoms with van der Waals surface area (Å²) in [5.74, 6) is 0.702. The standard InChI is InChI=1S/C7H6BrNO3/c8-6-2-1-5(12-6)4-3-11-7(10)9-4/h1-2,4H,3H2,(H,9,10). The third-order valence-electron chi connectivity index (χ3n) is 1.61. The first kappa shape index (κ1) is 7.67. The fourth-order valence-corrected chi connectivity index (χ4v) is 1.37. The molecule has 1 N–H and O–H groups in total. The summed E-state index contributed by atoms with van der Waals surface area (Å²) in [6, 6.07) is 3.42. The van der Waals surface area contributed by atoms with Gasteiger partial charge in [-0.2, -0.15) is 0 Å². The number of halogens is 1. The Morgan fingerprint density at radius 1 is 1.58 bits per heavy atom. The van der Waals surface area contributed by atoms with E-state index < -0.39 is 6.09 Å². The summed E-state index contributed by atoms with van der Waals surface area (Å²) < 4.78 is 10.6. The van der Waals surface area contributed by atoms with E-state index in [1.165, 1.54) is 0 Å². The Bertz CT molecular complexity index is 309. The van der Waals surface area contributed by atoms with Crippen molar-refractivity contribution in [1.82, 2.24) is 5.32 Å². The quantitative estimate of drug-likeness (QED) is 0.803. The fraction of sp³-hybridized carbons (Fsp3) is 0.286. The molecule has 1 amide bonds. The molecule has 12 heavy (non-hydrogen) atoms. The highest BCUT2D eigenvalue weighted by atomic mass is 79.9. The molecule has 64 valence electrons. The van der Waals surface area contributed by atoms with Gasteiger partial charge in [-0.15, -0.1) is 0 Å². The molecule has 1 fully saturated rings.